The van der Waals surface area contributed by atoms with Crippen molar-refractivity contribution in [2.75, 3.05) is 20.2 Å². The summed E-state index contributed by atoms with van der Waals surface area (Å²) in [6, 6.07) is 0. The van der Waals surface area contributed by atoms with E-state index in [0.29, 0.717) is 13.1 Å². The zero-order chi connectivity index (χ0) is 5.98. The van der Waals surface area contributed by atoms with Gasteiger partial charge >= 0.3 is 0 Å². The molecule has 0 spiro atoms. The Morgan fingerprint density at radius 1 is 1.62 bits per heavy atom. The van der Waals surface area contributed by atoms with Gasteiger partial charge in [0.2, 0.25) is 0 Å². The summed E-state index contributed by atoms with van der Waals surface area (Å²) in [5.74, 6) is 0. The van der Waals surface area contributed by atoms with Crippen LogP contribution in [0.2, 0.25) is 0 Å². The van der Waals surface area contributed by atoms with E-state index in [-0.39, 0.29) is 12.2 Å². The Bertz CT molecular complexity index is 76.8. The van der Waals surface area contributed by atoms with E-state index >= 15 is 0 Å². The van der Waals surface area contributed by atoms with Crippen LogP contribution in [0, 0.1) is 0 Å². The highest BCUT2D eigenvalue weighted by atomic mass is 16.5. The molecule has 0 amide bonds. The fourth-order valence-corrected chi connectivity index (χ4v) is 0.805. The Balaban J connectivity index is 2.30. The molecular weight excluding hydrogens is 106 g/mol. The summed E-state index contributed by atoms with van der Waals surface area (Å²) >= 11 is 0. The third kappa shape index (κ3) is 0.992. The molecule has 1 N–H and O–H groups in total. The number of aliphatic hydroxyl groups excluding tert-OH is 1. The van der Waals surface area contributed by atoms with E-state index in [1.165, 1.54) is 0 Å². The van der Waals surface area contributed by atoms with Crippen LogP contribution in [0.5, 0.6) is 0 Å². The fourth-order valence-electron chi connectivity index (χ4n) is 0.805. The van der Waals surface area contributed by atoms with Crippen LogP contribution in [0.3, 0.4) is 0 Å². The van der Waals surface area contributed by atoms with Crippen molar-refractivity contribution in [1.29, 1.82) is 0 Å². The molecule has 2 atom stereocenters. The first-order chi connectivity index (χ1) is 3.84. The van der Waals surface area contributed by atoms with Crippen molar-refractivity contribution >= 4 is 0 Å². The molecule has 8 heavy (non-hydrogen) atoms. The van der Waals surface area contributed by atoms with Crippen molar-refractivity contribution in [2.24, 2.45) is 0 Å². The van der Waals surface area contributed by atoms with Gasteiger partial charge in [-0.2, -0.15) is 0 Å². The number of nitrogens with zero attached hydrogens (tertiary/aromatic N) is 1. The first-order valence-electron chi connectivity index (χ1n) is 2.68. The van der Waals surface area contributed by atoms with Crippen molar-refractivity contribution < 1.29 is 9.84 Å². The Kier molecular flexibility index (Phi) is 1.83. The standard InChI is InChI=1S/C5H10NO2/c1-8-5-3-6-2-4(5)7/h4-5,7H,2-3H2,1H3. The van der Waals surface area contributed by atoms with E-state index in [9.17, 15) is 0 Å². The molecule has 0 aromatic rings. The van der Waals surface area contributed by atoms with Gasteiger partial charge in [0.25, 0.3) is 0 Å². The predicted molar refractivity (Wildman–Crippen MR) is 28.7 cm³/mol. The summed E-state index contributed by atoms with van der Waals surface area (Å²) in [6.45, 7) is 1.19. The topological polar surface area (TPSA) is 43.6 Å². The molecule has 0 bridgehead atoms. The van der Waals surface area contributed by atoms with Crippen molar-refractivity contribution in [3.05, 3.63) is 0 Å². The summed E-state index contributed by atoms with van der Waals surface area (Å²) in [5, 5.41) is 12.9. The smallest absolute Gasteiger partial charge is 0.0983 e. The van der Waals surface area contributed by atoms with Gasteiger partial charge in [-0.1, -0.05) is 0 Å². The minimum Gasteiger partial charge on any atom is -0.389 e. The van der Waals surface area contributed by atoms with Gasteiger partial charge in [0.05, 0.1) is 12.2 Å². The fraction of sp³-hybridized carbons (Fsp3) is 1.00. The second kappa shape index (κ2) is 2.44. The molecule has 0 aromatic heterocycles. The average molecular weight is 116 g/mol. The SMILES string of the molecule is COC1C[N]CC1O. The van der Waals surface area contributed by atoms with Crippen molar-refractivity contribution in [2.45, 2.75) is 12.2 Å². The second-order valence-electron chi connectivity index (χ2n) is 1.93. The van der Waals surface area contributed by atoms with Crippen molar-refractivity contribution in [3.8, 4) is 0 Å². The van der Waals surface area contributed by atoms with Gasteiger partial charge in [0, 0.05) is 20.2 Å². The zero-order valence-electron chi connectivity index (χ0n) is 4.87. The molecule has 1 aliphatic rings. The van der Waals surface area contributed by atoms with E-state index in [4.69, 9.17) is 9.84 Å². The second-order valence-corrected chi connectivity index (χ2v) is 1.93. The quantitative estimate of drug-likeness (QED) is 0.476. The molecule has 1 fully saturated rings. The van der Waals surface area contributed by atoms with Gasteiger partial charge < -0.3 is 9.84 Å². The molecule has 0 aromatic carbocycles. The van der Waals surface area contributed by atoms with E-state index in [2.05, 4.69) is 5.32 Å². The molecule has 1 rings (SSSR count). The summed E-state index contributed by atoms with van der Waals surface area (Å²) in [6.07, 6.45) is -0.407. The summed E-state index contributed by atoms with van der Waals surface area (Å²) < 4.78 is 4.88. The lowest BCUT2D eigenvalue weighted by Crippen LogP contribution is -2.25. The van der Waals surface area contributed by atoms with Crippen LogP contribution in [-0.2, 0) is 4.74 Å². The molecule has 3 nitrogen and oxygen atoms in total. The maximum Gasteiger partial charge on any atom is 0.0983 e. The first kappa shape index (κ1) is 6.01. The van der Waals surface area contributed by atoms with Crippen molar-refractivity contribution in [3.63, 3.8) is 0 Å². The van der Waals surface area contributed by atoms with Gasteiger partial charge in [-0.15, -0.1) is 0 Å². The molecule has 47 valence electrons. The van der Waals surface area contributed by atoms with Crippen LogP contribution in [0.1, 0.15) is 0 Å². The van der Waals surface area contributed by atoms with Crippen LogP contribution >= 0.6 is 0 Å². The summed E-state index contributed by atoms with van der Waals surface area (Å²) in [4.78, 5) is 0. The minimum absolute atomic E-state index is 0.0463. The summed E-state index contributed by atoms with van der Waals surface area (Å²) in [7, 11) is 1.59. The number of hydrogen-bond donors (Lipinski definition) is 1. The van der Waals surface area contributed by atoms with Crippen LogP contribution in [0.4, 0.5) is 0 Å². The lowest BCUT2D eigenvalue weighted by Gasteiger charge is -2.08. The van der Waals surface area contributed by atoms with E-state index in [1.54, 1.807) is 7.11 Å². The largest absolute Gasteiger partial charge is 0.389 e. The maximum atomic E-state index is 8.97. The molecule has 1 heterocycles. The maximum absolute atomic E-state index is 8.97. The predicted octanol–water partition coefficient (Wildman–Crippen LogP) is -1.02. The molecule has 1 aliphatic heterocycles. The molecule has 1 radical (unpaired) electrons. The Labute approximate surface area is 48.7 Å². The Morgan fingerprint density at radius 2 is 2.38 bits per heavy atom. The first-order valence-corrected chi connectivity index (χ1v) is 2.68. The van der Waals surface area contributed by atoms with Crippen LogP contribution < -0.4 is 5.32 Å². The van der Waals surface area contributed by atoms with Gasteiger partial charge in [-0.05, 0) is 0 Å². The average Bonchev–Trinajstić information content (AvgIpc) is 2.14. The Hall–Kier alpha value is -0.120. The van der Waals surface area contributed by atoms with E-state index in [0.717, 1.165) is 0 Å². The molecule has 3 heteroatoms. The monoisotopic (exact) mass is 116 g/mol. The molecular formula is C5H10NO2. The highest BCUT2D eigenvalue weighted by molar-refractivity contribution is 4.79. The van der Waals surface area contributed by atoms with Crippen LogP contribution in [-0.4, -0.2) is 37.5 Å². The van der Waals surface area contributed by atoms with Crippen molar-refractivity contribution in [1.82, 2.24) is 5.32 Å². The van der Waals surface area contributed by atoms with Gasteiger partial charge in [-0.25, -0.2) is 5.32 Å². The van der Waals surface area contributed by atoms with Gasteiger partial charge in [-0.3, -0.25) is 0 Å². The minimum atomic E-state index is -0.361. The van der Waals surface area contributed by atoms with Crippen LogP contribution in [0.15, 0.2) is 0 Å². The lowest BCUT2D eigenvalue weighted by molar-refractivity contribution is 0.0217. The molecule has 0 saturated carbocycles. The number of rotatable bonds is 1. The third-order valence-corrected chi connectivity index (χ3v) is 1.36. The molecule has 0 aliphatic carbocycles. The highest BCUT2D eigenvalue weighted by Crippen LogP contribution is 2.03. The van der Waals surface area contributed by atoms with Gasteiger partial charge in [0.1, 0.15) is 0 Å². The third-order valence-electron chi connectivity index (χ3n) is 1.36. The summed E-state index contributed by atoms with van der Waals surface area (Å²) in [5.41, 5.74) is 0. The van der Waals surface area contributed by atoms with E-state index < -0.39 is 0 Å². The highest BCUT2D eigenvalue weighted by Gasteiger charge is 2.24. The Morgan fingerprint density at radius 3 is 2.62 bits per heavy atom. The van der Waals surface area contributed by atoms with E-state index in [1.807, 2.05) is 0 Å². The van der Waals surface area contributed by atoms with Crippen LogP contribution in [0.25, 0.3) is 0 Å². The normalized spacial score (nSPS) is 38.2. The molecule has 2 unspecified atom stereocenters. The number of ether oxygens (including phenoxy) is 1. The van der Waals surface area contributed by atoms with Gasteiger partial charge in [0.15, 0.2) is 0 Å². The number of methoxy groups -OCH3 is 1. The molecule has 1 saturated heterocycles. The number of hydrogen-bond acceptors (Lipinski definition) is 2. The number of aliphatic hydroxyl groups is 1. The zero-order valence-corrected chi connectivity index (χ0v) is 4.87. The lowest BCUT2D eigenvalue weighted by atomic mass is 10.3.